The van der Waals surface area contributed by atoms with Crippen LogP contribution in [0.15, 0.2) is 46.9 Å². The molecular formula is C15H19NO2. The zero-order valence-corrected chi connectivity index (χ0v) is 10.8. The van der Waals surface area contributed by atoms with Gasteiger partial charge in [-0.1, -0.05) is 30.3 Å². The Bertz CT molecular complexity index is 492. The average Bonchev–Trinajstić information content (AvgIpc) is 2.83. The van der Waals surface area contributed by atoms with Crippen molar-refractivity contribution in [3.8, 4) is 0 Å². The minimum absolute atomic E-state index is 0.0384. The lowest BCUT2D eigenvalue weighted by molar-refractivity contribution is 0.170. The molecular weight excluding hydrogens is 226 g/mol. The van der Waals surface area contributed by atoms with Gasteiger partial charge in [0.15, 0.2) is 0 Å². The zero-order valence-electron chi connectivity index (χ0n) is 10.8. The summed E-state index contributed by atoms with van der Waals surface area (Å²) in [7, 11) is 0. The summed E-state index contributed by atoms with van der Waals surface area (Å²) in [6.07, 6.45) is 0. The van der Waals surface area contributed by atoms with Crippen LogP contribution in [0, 0.1) is 6.92 Å². The van der Waals surface area contributed by atoms with E-state index >= 15 is 0 Å². The summed E-state index contributed by atoms with van der Waals surface area (Å²) >= 11 is 0. The second-order valence-electron chi connectivity index (χ2n) is 4.72. The van der Waals surface area contributed by atoms with Crippen LogP contribution in [0.1, 0.15) is 24.0 Å². The molecule has 1 unspecified atom stereocenters. The second kappa shape index (κ2) is 5.38. The Labute approximate surface area is 107 Å². The molecule has 3 heteroatoms. The van der Waals surface area contributed by atoms with Crippen molar-refractivity contribution in [1.82, 2.24) is 5.32 Å². The summed E-state index contributed by atoms with van der Waals surface area (Å²) in [6, 6.07) is 13.8. The van der Waals surface area contributed by atoms with Gasteiger partial charge >= 0.3 is 0 Å². The molecule has 0 amide bonds. The molecule has 0 spiro atoms. The summed E-state index contributed by atoms with van der Waals surface area (Å²) in [4.78, 5) is 0. The maximum atomic E-state index is 9.63. The van der Waals surface area contributed by atoms with Gasteiger partial charge in [0.2, 0.25) is 0 Å². The van der Waals surface area contributed by atoms with Crippen LogP contribution in [0.3, 0.4) is 0 Å². The quantitative estimate of drug-likeness (QED) is 0.851. The molecule has 3 nitrogen and oxygen atoms in total. The first-order valence-electron chi connectivity index (χ1n) is 6.11. The van der Waals surface area contributed by atoms with Crippen LogP contribution >= 0.6 is 0 Å². The minimum Gasteiger partial charge on any atom is -0.465 e. The SMILES string of the molecule is Cc1ccc(CNC(C)(CO)c2ccccc2)o1. The second-order valence-corrected chi connectivity index (χ2v) is 4.72. The highest BCUT2D eigenvalue weighted by Gasteiger charge is 2.25. The van der Waals surface area contributed by atoms with Gasteiger partial charge < -0.3 is 9.52 Å². The predicted molar refractivity (Wildman–Crippen MR) is 71.2 cm³/mol. The van der Waals surface area contributed by atoms with E-state index in [1.54, 1.807) is 0 Å². The highest BCUT2D eigenvalue weighted by atomic mass is 16.3. The van der Waals surface area contributed by atoms with Gasteiger partial charge in [-0.2, -0.15) is 0 Å². The van der Waals surface area contributed by atoms with E-state index in [2.05, 4.69) is 5.32 Å². The topological polar surface area (TPSA) is 45.4 Å². The fraction of sp³-hybridized carbons (Fsp3) is 0.333. The number of aryl methyl sites for hydroxylation is 1. The van der Waals surface area contributed by atoms with Crippen molar-refractivity contribution in [2.75, 3.05) is 6.61 Å². The number of aliphatic hydroxyl groups excluding tert-OH is 1. The van der Waals surface area contributed by atoms with E-state index in [9.17, 15) is 5.11 Å². The molecule has 0 saturated heterocycles. The number of hydrogen-bond donors (Lipinski definition) is 2. The van der Waals surface area contributed by atoms with Gasteiger partial charge in [0.25, 0.3) is 0 Å². The Morgan fingerprint density at radius 2 is 1.89 bits per heavy atom. The average molecular weight is 245 g/mol. The van der Waals surface area contributed by atoms with E-state index in [4.69, 9.17) is 4.42 Å². The number of hydrogen-bond acceptors (Lipinski definition) is 3. The number of aliphatic hydroxyl groups is 1. The van der Waals surface area contributed by atoms with Crippen molar-refractivity contribution in [3.05, 3.63) is 59.5 Å². The Morgan fingerprint density at radius 3 is 2.44 bits per heavy atom. The molecule has 1 heterocycles. The lowest BCUT2D eigenvalue weighted by Gasteiger charge is -2.29. The normalized spacial score (nSPS) is 14.4. The molecule has 1 aromatic heterocycles. The molecule has 18 heavy (non-hydrogen) atoms. The first-order valence-corrected chi connectivity index (χ1v) is 6.11. The van der Waals surface area contributed by atoms with Gasteiger partial charge in [0.1, 0.15) is 11.5 Å². The van der Waals surface area contributed by atoms with Crippen molar-refractivity contribution in [2.45, 2.75) is 25.9 Å². The third-order valence-corrected chi connectivity index (χ3v) is 3.18. The smallest absolute Gasteiger partial charge is 0.117 e. The Kier molecular flexibility index (Phi) is 3.84. The molecule has 1 aromatic carbocycles. The molecule has 2 N–H and O–H groups in total. The van der Waals surface area contributed by atoms with Crippen molar-refractivity contribution >= 4 is 0 Å². The van der Waals surface area contributed by atoms with Crippen LogP contribution in [-0.2, 0) is 12.1 Å². The molecule has 0 aliphatic rings. The van der Waals surface area contributed by atoms with Crippen LogP contribution in [0.5, 0.6) is 0 Å². The molecule has 2 rings (SSSR count). The number of nitrogens with one attached hydrogen (secondary N) is 1. The molecule has 0 fully saturated rings. The Balaban J connectivity index is 2.09. The van der Waals surface area contributed by atoms with Gasteiger partial charge in [-0.25, -0.2) is 0 Å². The van der Waals surface area contributed by atoms with Gasteiger partial charge in [-0.15, -0.1) is 0 Å². The van der Waals surface area contributed by atoms with E-state index in [1.807, 2.05) is 56.3 Å². The van der Waals surface area contributed by atoms with E-state index in [0.29, 0.717) is 6.54 Å². The van der Waals surface area contributed by atoms with Crippen LogP contribution in [0.4, 0.5) is 0 Å². The van der Waals surface area contributed by atoms with Gasteiger partial charge in [0.05, 0.1) is 18.7 Å². The Morgan fingerprint density at radius 1 is 1.17 bits per heavy atom. The predicted octanol–water partition coefficient (Wildman–Crippen LogP) is 2.59. The summed E-state index contributed by atoms with van der Waals surface area (Å²) in [5.74, 6) is 1.78. The molecule has 96 valence electrons. The minimum atomic E-state index is -0.456. The first-order chi connectivity index (χ1) is 8.64. The third-order valence-electron chi connectivity index (χ3n) is 3.18. The summed E-state index contributed by atoms with van der Waals surface area (Å²) in [6.45, 7) is 4.54. The highest BCUT2D eigenvalue weighted by molar-refractivity contribution is 5.24. The van der Waals surface area contributed by atoms with Crippen molar-refractivity contribution < 1.29 is 9.52 Å². The molecule has 0 saturated carbocycles. The fourth-order valence-corrected chi connectivity index (χ4v) is 1.92. The van der Waals surface area contributed by atoms with Crippen molar-refractivity contribution in [2.24, 2.45) is 0 Å². The van der Waals surface area contributed by atoms with Crippen LogP contribution < -0.4 is 5.32 Å². The molecule has 0 radical (unpaired) electrons. The first kappa shape index (κ1) is 12.9. The molecule has 1 atom stereocenters. The molecule has 2 aromatic rings. The van der Waals surface area contributed by atoms with Crippen LogP contribution in [-0.4, -0.2) is 11.7 Å². The standard InChI is InChI=1S/C15H19NO2/c1-12-8-9-14(18-12)10-16-15(2,11-17)13-6-4-3-5-7-13/h3-9,16-17H,10-11H2,1-2H3. The highest BCUT2D eigenvalue weighted by Crippen LogP contribution is 2.20. The summed E-state index contributed by atoms with van der Waals surface area (Å²) in [5, 5.41) is 13.0. The number of benzene rings is 1. The van der Waals surface area contributed by atoms with Crippen molar-refractivity contribution in [1.29, 1.82) is 0 Å². The maximum Gasteiger partial charge on any atom is 0.117 e. The third kappa shape index (κ3) is 2.81. The fourth-order valence-electron chi connectivity index (χ4n) is 1.92. The lowest BCUT2D eigenvalue weighted by Crippen LogP contribution is -2.42. The van der Waals surface area contributed by atoms with E-state index in [-0.39, 0.29) is 6.61 Å². The van der Waals surface area contributed by atoms with Crippen molar-refractivity contribution in [3.63, 3.8) is 0 Å². The monoisotopic (exact) mass is 245 g/mol. The lowest BCUT2D eigenvalue weighted by atomic mass is 9.93. The van der Waals surface area contributed by atoms with Crippen LogP contribution in [0.2, 0.25) is 0 Å². The van der Waals surface area contributed by atoms with Gasteiger partial charge in [-0.3, -0.25) is 5.32 Å². The van der Waals surface area contributed by atoms with Crippen LogP contribution in [0.25, 0.3) is 0 Å². The molecule has 0 aliphatic carbocycles. The van der Waals surface area contributed by atoms with E-state index < -0.39 is 5.54 Å². The number of furan rings is 1. The van der Waals surface area contributed by atoms with Gasteiger partial charge in [0, 0.05) is 0 Å². The van der Waals surface area contributed by atoms with Gasteiger partial charge in [-0.05, 0) is 31.5 Å². The summed E-state index contributed by atoms with van der Waals surface area (Å²) < 4.78 is 5.52. The zero-order chi connectivity index (χ0) is 13.0. The number of rotatable bonds is 5. The summed E-state index contributed by atoms with van der Waals surface area (Å²) in [5.41, 5.74) is 0.609. The molecule has 0 aliphatic heterocycles. The van der Waals surface area contributed by atoms with E-state index in [1.165, 1.54) is 0 Å². The molecule has 0 bridgehead atoms. The van der Waals surface area contributed by atoms with E-state index in [0.717, 1.165) is 17.1 Å². The Hall–Kier alpha value is -1.58. The maximum absolute atomic E-state index is 9.63. The largest absolute Gasteiger partial charge is 0.465 e.